The number of ether oxygens (including phenoxy) is 2. The Labute approximate surface area is 108 Å². The lowest BCUT2D eigenvalue weighted by molar-refractivity contribution is -0.188. The molecule has 1 rings (SSSR count). The number of rotatable bonds is 7. The normalized spacial score (nSPS) is 13.0. The SMILES string of the molecule is CCOC(OCC)C(O)Cc1ccc(F)cc1C. The third-order valence-corrected chi connectivity index (χ3v) is 2.71. The van der Waals surface area contributed by atoms with Crippen LogP contribution in [0.2, 0.25) is 0 Å². The molecule has 3 nitrogen and oxygen atoms in total. The summed E-state index contributed by atoms with van der Waals surface area (Å²) >= 11 is 0. The van der Waals surface area contributed by atoms with Gasteiger partial charge in [0.15, 0.2) is 6.29 Å². The van der Waals surface area contributed by atoms with Gasteiger partial charge < -0.3 is 14.6 Å². The van der Waals surface area contributed by atoms with E-state index in [1.54, 1.807) is 6.07 Å². The van der Waals surface area contributed by atoms with Crippen LogP contribution in [-0.4, -0.2) is 30.7 Å². The topological polar surface area (TPSA) is 38.7 Å². The Bertz CT molecular complexity index is 362. The van der Waals surface area contributed by atoms with Crippen molar-refractivity contribution in [3.63, 3.8) is 0 Å². The highest BCUT2D eigenvalue weighted by molar-refractivity contribution is 5.27. The molecule has 0 radical (unpaired) electrons. The number of aliphatic hydroxyl groups is 1. The Hall–Kier alpha value is -0.970. The van der Waals surface area contributed by atoms with E-state index in [-0.39, 0.29) is 5.82 Å². The summed E-state index contributed by atoms with van der Waals surface area (Å²) in [7, 11) is 0. The van der Waals surface area contributed by atoms with Gasteiger partial charge in [0.25, 0.3) is 0 Å². The smallest absolute Gasteiger partial charge is 0.183 e. The zero-order chi connectivity index (χ0) is 13.5. The molecule has 0 aliphatic heterocycles. The predicted octanol–water partition coefficient (Wildman–Crippen LogP) is 2.44. The van der Waals surface area contributed by atoms with Gasteiger partial charge in [-0.25, -0.2) is 4.39 Å². The molecular weight excluding hydrogens is 235 g/mol. The molecule has 18 heavy (non-hydrogen) atoms. The summed E-state index contributed by atoms with van der Waals surface area (Å²) in [4.78, 5) is 0. The maximum absolute atomic E-state index is 13.0. The molecule has 4 heteroatoms. The van der Waals surface area contributed by atoms with Crippen molar-refractivity contribution in [2.75, 3.05) is 13.2 Å². The van der Waals surface area contributed by atoms with Gasteiger partial charge in [-0.2, -0.15) is 0 Å². The van der Waals surface area contributed by atoms with Gasteiger partial charge in [-0.1, -0.05) is 6.07 Å². The van der Waals surface area contributed by atoms with Crippen LogP contribution < -0.4 is 0 Å². The van der Waals surface area contributed by atoms with E-state index in [9.17, 15) is 9.50 Å². The molecule has 1 unspecified atom stereocenters. The standard InChI is InChI=1S/C14H21FO3/c1-4-17-14(18-5-2)13(16)9-11-6-7-12(15)8-10(11)3/h6-8,13-14,16H,4-5,9H2,1-3H3. The van der Waals surface area contributed by atoms with Crippen LogP contribution in [0.4, 0.5) is 4.39 Å². The summed E-state index contributed by atoms with van der Waals surface area (Å²) in [6.07, 6.45) is -1.00. The zero-order valence-electron chi connectivity index (χ0n) is 11.1. The summed E-state index contributed by atoms with van der Waals surface area (Å²) in [5.74, 6) is -0.267. The quantitative estimate of drug-likeness (QED) is 0.761. The van der Waals surface area contributed by atoms with Gasteiger partial charge in [0.05, 0.1) is 0 Å². The molecule has 0 saturated carbocycles. The van der Waals surface area contributed by atoms with Crippen molar-refractivity contribution in [2.45, 2.75) is 39.6 Å². The number of hydrogen-bond acceptors (Lipinski definition) is 3. The minimum absolute atomic E-state index is 0.267. The highest BCUT2D eigenvalue weighted by atomic mass is 19.1. The molecule has 1 aromatic rings. The van der Waals surface area contributed by atoms with Crippen LogP contribution in [0.1, 0.15) is 25.0 Å². The van der Waals surface area contributed by atoms with Gasteiger partial charge in [-0.3, -0.25) is 0 Å². The third kappa shape index (κ3) is 4.37. The van der Waals surface area contributed by atoms with Crippen LogP contribution >= 0.6 is 0 Å². The number of benzene rings is 1. The Morgan fingerprint density at radius 3 is 2.33 bits per heavy atom. The van der Waals surface area contributed by atoms with Gasteiger partial charge in [0.1, 0.15) is 11.9 Å². The Balaban J connectivity index is 2.69. The monoisotopic (exact) mass is 256 g/mol. The average Bonchev–Trinajstić information content (AvgIpc) is 2.32. The molecule has 0 fully saturated rings. The summed E-state index contributed by atoms with van der Waals surface area (Å²) < 4.78 is 23.6. The number of halogens is 1. The van der Waals surface area contributed by atoms with Crippen molar-refractivity contribution < 1.29 is 19.0 Å². The van der Waals surface area contributed by atoms with Crippen LogP contribution in [0.15, 0.2) is 18.2 Å². The summed E-state index contributed by atoms with van der Waals surface area (Å²) in [6.45, 7) is 6.47. The van der Waals surface area contributed by atoms with Crippen molar-refractivity contribution >= 4 is 0 Å². The molecule has 0 bridgehead atoms. The summed E-state index contributed by atoms with van der Waals surface area (Å²) in [6, 6.07) is 4.53. The van der Waals surface area contributed by atoms with Crippen LogP contribution in [-0.2, 0) is 15.9 Å². The Kier molecular flexibility index (Phi) is 6.25. The van der Waals surface area contributed by atoms with E-state index in [0.717, 1.165) is 11.1 Å². The van der Waals surface area contributed by atoms with Gasteiger partial charge >= 0.3 is 0 Å². The average molecular weight is 256 g/mol. The van der Waals surface area contributed by atoms with Crippen LogP contribution in [0, 0.1) is 12.7 Å². The van der Waals surface area contributed by atoms with Crippen LogP contribution in [0.5, 0.6) is 0 Å². The Morgan fingerprint density at radius 1 is 1.22 bits per heavy atom. The Morgan fingerprint density at radius 2 is 1.83 bits per heavy atom. The molecule has 1 atom stereocenters. The first-order chi connectivity index (χ1) is 8.58. The lowest BCUT2D eigenvalue weighted by atomic mass is 10.0. The molecule has 1 N–H and O–H groups in total. The molecule has 0 heterocycles. The fourth-order valence-electron chi connectivity index (χ4n) is 1.81. The van der Waals surface area contributed by atoms with Gasteiger partial charge in [-0.05, 0) is 44.0 Å². The molecule has 0 spiro atoms. The van der Waals surface area contributed by atoms with E-state index in [0.29, 0.717) is 19.6 Å². The van der Waals surface area contributed by atoms with E-state index in [1.807, 2.05) is 20.8 Å². The van der Waals surface area contributed by atoms with Crippen molar-refractivity contribution in [3.8, 4) is 0 Å². The lowest BCUT2D eigenvalue weighted by Crippen LogP contribution is -2.33. The van der Waals surface area contributed by atoms with Crippen molar-refractivity contribution in [1.29, 1.82) is 0 Å². The largest absolute Gasteiger partial charge is 0.387 e. The highest BCUT2D eigenvalue weighted by Gasteiger charge is 2.20. The van der Waals surface area contributed by atoms with E-state index >= 15 is 0 Å². The van der Waals surface area contributed by atoms with Gasteiger partial charge in [0, 0.05) is 19.6 Å². The second kappa shape index (κ2) is 7.46. The second-order valence-electron chi connectivity index (χ2n) is 4.12. The molecule has 0 aromatic heterocycles. The molecule has 102 valence electrons. The second-order valence-corrected chi connectivity index (χ2v) is 4.12. The molecular formula is C14H21FO3. The first-order valence-corrected chi connectivity index (χ1v) is 6.24. The van der Waals surface area contributed by atoms with E-state index in [1.165, 1.54) is 12.1 Å². The van der Waals surface area contributed by atoms with Gasteiger partial charge in [-0.15, -0.1) is 0 Å². The number of aliphatic hydroxyl groups excluding tert-OH is 1. The fraction of sp³-hybridized carbons (Fsp3) is 0.571. The van der Waals surface area contributed by atoms with Crippen molar-refractivity contribution in [2.24, 2.45) is 0 Å². The highest BCUT2D eigenvalue weighted by Crippen LogP contribution is 2.15. The summed E-state index contributed by atoms with van der Waals surface area (Å²) in [5, 5.41) is 10.1. The first kappa shape index (κ1) is 15.1. The predicted molar refractivity (Wildman–Crippen MR) is 67.9 cm³/mol. The molecule has 0 aliphatic rings. The minimum Gasteiger partial charge on any atom is -0.387 e. The van der Waals surface area contributed by atoms with Crippen LogP contribution in [0.3, 0.4) is 0 Å². The number of aryl methyl sites for hydroxylation is 1. The molecule has 0 saturated heterocycles. The number of hydrogen-bond donors (Lipinski definition) is 1. The van der Waals surface area contributed by atoms with Crippen molar-refractivity contribution in [3.05, 3.63) is 35.1 Å². The summed E-state index contributed by atoms with van der Waals surface area (Å²) in [5.41, 5.74) is 1.72. The molecule has 0 amide bonds. The van der Waals surface area contributed by atoms with Crippen molar-refractivity contribution in [1.82, 2.24) is 0 Å². The minimum atomic E-state index is -0.755. The maximum atomic E-state index is 13.0. The van der Waals surface area contributed by atoms with E-state index < -0.39 is 12.4 Å². The lowest BCUT2D eigenvalue weighted by Gasteiger charge is -2.23. The molecule has 0 aliphatic carbocycles. The molecule has 1 aromatic carbocycles. The zero-order valence-corrected chi connectivity index (χ0v) is 11.1. The third-order valence-electron chi connectivity index (χ3n) is 2.71. The first-order valence-electron chi connectivity index (χ1n) is 6.24. The van der Waals surface area contributed by atoms with Gasteiger partial charge in [0.2, 0.25) is 0 Å². The van der Waals surface area contributed by atoms with E-state index in [2.05, 4.69) is 0 Å². The van der Waals surface area contributed by atoms with Crippen LogP contribution in [0.25, 0.3) is 0 Å². The fourth-order valence-corrected chi connectivity index (χ4v) is 1.81. The van der Waals surface area contributed by atoms with E-state index in [4.69, 9.17) is 9.47 Å². The maximum Gasteiger partial charge on any atom is 0.183 e.